The van der Waals surface area contributed by atoms with Crippen molar-refractivity contribution in [3.8, 4) is 0 Å². The van der Waals surface area contributed by atoms with E-state index in [4.69, 9.17) is 4.42 Å². The molecule has 2 saturated heterocycles. The molecule has 0 radical (unpaired) electrons. The minimum atomic E-state index is -3.29. The fraction of sp³-hybridized carbons (Fsp3) is 0.722. The van der Waals surface area contributed by atoms with Gasteiger partial charge in [0.05, 0.1) is 12.8 Å². The molecule has 0 atom stereocenters. The van der Waals surface area contributed by atoms with Crippen molar-refractivity contribution in [1.29, 1.82) is 0 Å². The summed E-state index contributed by atoms with van der Waals surface area (Å²) >= 11 is 0. The lowest BCUT2D eigenvalue weighted by Gasteiger charge is -2.37. The topological polar surface area (TPSA) is 86.1 Å². The van der Waals surface area contributed by atoms with Crippen LogP contribution >= 0.6 is 0 Å². The summed E-state index contributed by atoms with van der Waals surface area (Å²) in [4.78, 5) is 19.4. The number of furan rings is 1. The van der Waals surface area contributed by atoms with Crippen LogP contribution in [-0.4, -0.2) is 88.1 Å². The number of rotatable bonds is 6. The lowest BCUT2D eigenvalue weighted by molar-refractivity contribution is 0.0612. The Kier molecular flexibility index (Phi) is 6.56. The molecule has 1 N–H and O–H groups in total. The number of carbonyl (C=O) groups excluding carboxylic acids is 1. The van der Waals surface area contributed by atoms with Crippen LogP contribution in [0.5, 0.6) is 0 Å². The van der Waals surface area contributed by atoms with E-state index in [0.717, 1.165) is 64.9 Å². The number of amides is 1. The van der Waals surface area contributed by atoms with Gasteiger partial charge >= 0.3 is 0 Å². The van der Waals surface area contributed by atoms with Crippen molar-refractivity contribution in [2.45, 2.75) is 19.4 Å². The van der Waals surface area contributed by atoms with Gasteiger partial charge in [-0.25, -0.2) is 13.1 Å². The third-order valence-electron chi connectivity index (χ3n) is 5.40. The maximum Gasteiger partial charge on any atom is 0.289 e. The van der Waals surface area contributed by atoms with Crippen molar-refractivity contribution in [3.05, 3.63) is 23.7 Å². The van der Waals surface area contributed by atoms with Crippen LogP contribution in [0.4, 0.5) is 0 Å². The van der Waals surface area contributed by atoms with Gasteiger partial charge < -0.3 is 19.1 Å². The number of hydrogen-bond acceptors (Lipinski definition) is 6. The van der Waals surface area contributed by atoms with Gasteiger partial charge in [0.15, 0.2) is 5.76 Å². The number of nitrogens with one attached hydrogen (secondary N) is 1. The lowest BCUT2D eigenvalue weighted by atomic mass is 9.95. The molecule has 27 heavy (non-hydrogen) atoms. The molecule has 9 heteroatoms. The molecule has 0 unspecified atom stereocenters. The summed E-state index contributed by atoms with van der Waals surface area (Å²) < 4.78 is 30.2. The number of hydrogen-bond donors (Lipinski definition) is 1. The Labute approximate surface area is 161 Å². The summed E-state index contributed by atoms with van der Waals surface area (Å²) in [7, 11) is -1.12. The summed E-state index contributed by atoms with van der Waals surface area (Å²) in [5, 5.41) is 0. The summed E-state index contributed by atoms with van der Waals surface area (Å²) in [6.07, 6.45) is 3.12. The fourth-order valence-corrected chi connectivity index (χ4v) is 4.06. The largest absolute Gasteiger partial charge is 0.455 e. The molecular formula is C18H30N4O4S. The fourth-order valence-electron chi connectivity index (χ4n) is 3.66. The normalized spacial score (nSPS) is 20.9. The SMILES string of the molecule is CN1CCN(CC2CCN(C(=O)c3ccc(CNS(C)(=O)=O)o3)CC2)CC1. The number of piperidine rings is 1. The number of piperazine rings is 1. The zero-order valence-electron chi connectivity index (χ0n) is 16.2. The maximum atomic E-state index is 12.6. The van der Waals surface area contributed by atoms with Crippen molar-refractivity contribution in [3.63, 3.8) is 0 Å². The van der Waals surface area contributed by atoms with Crippen molar-refractivity contribution >= 4 is 15.9 Å². The summed E-state index contributed by atoms with van der Waals surface area (Å²) in [6.45, 7) is 7.19. The van der Waals surface area contributed by atoms with E-state index in [2.05, 4.69) is 21.6 Å². The Morgan fingerprint density at radius 2 is 1.81 bits per heavy atom. The molecule has 152 valence electrons. The lowest BCUT2D eigenvalue weighted by Crippen LogP contribution is -2.47. The average Bonchev–Trinajstić information content (AvgIpc) is 3.11. The number of nitrogens with zero attached hydrogens (tertiary/aromatic N) is 3. The molecule has 0 spiro atoms. The van der Waals surface area contributed by atoms with Gasteiger partial charge in [-0.1, -0.05) is 0 Å². The van der Waals surface area contributed by atoms with Gasteiger partial charge in [-0.05, 0) is 37.9 Å². The Balaban J connectivity index is 1.45. The molecule has 3 rings (SSSR count). The first-order valence-corrected chi connectivity index (χ1v) is 11.4. The predicted molar refractivity (Wildman–Crippen MR) is 103 cm³/mol. The first-order valence-electron chi connectivity index (χ1n) is 9.54. The quantitative estimate of drug-likeness (QED) is 0.748. The van der Waals surface area contributed by atoms with Crippen LogP contribution in [0.2, 0.25) is 0 Å². The molecule has 0 aliphatic carbocycles. The highest BCUT2D eigenvalue weighted by atomic mass is 32.2. The van der Waals surface area contributed by atoms with Gasteiger partial charge in [-0.2, -0.15) is 0 Å². The van der Waals surface area contributed by atoms with Gasteiger partial charge in [0.1, 0.15) is 5.76 Å². The first kappa shape index (κ1) is 20.3. The van der Waals surface area contributed by atoms with E-state index in [1.54, 1.807) is 12.1 Å². The van der Waals surface area contributed by atoms with E-state index in [9.17, 15) is 13.2 Å². The summed E-state index contributed by atoms with van der Waals surface area (Å²) in [5.74, 6) is 1.24. The Morgan fingerprint density at radius 1 is 1.15 bits per heavy atom. The summed E-state index contributed by atoms with van der Waals surface area (Å²) in [6, 6.07) is 3.27. The zero-order valence-corrected chi connectivity index (χ0v) is 17.0. The second-order valence-corrected chi connectivity index (χ2v) is 9.53. The van der Waals surface area contributed by atoms with Gasteiger partial charge in [-0.3, -0.25) is 4.79 Å². The molecule has 1 aromatic heterocycles. The van der Waals surface area contributed by atoms with E-state index >= 15 is 0 Å². The Hall–Kier alpha value is -1.42. The number of likely N-dealkylation sites (N-methyl/N-ethyl adjacent to an activating group) is 1. The molecule has 1 amide bonds. The molecule has 0 saturated carbocycles. The molecule has 2 aliphatic heterocycles. The highest BCUT2D eigenvalue weighted by Crippen LogP contribution is 2.21. The van der Waals surface area contributed by atoms with E-state index in [1.165, 1.54) is 0 Å². The van der Waals surface area contributed by atoms with E-state index < -0.39 is 10.0 Å². The maximum absolute atomic E-state index is 12.6. The number of carbonyl (C=O) groups is 1. The van der Waals surface area contributed by atoms with Crippen LogP contribution < -0.4 is 4.72 Å². The van der Waals surface area contributed by atoms with E-state index in [-0.39, 0.29) is 18.2 Å². The van der Waals surface area contributed by atoms with Gasteiger partial charge in [0.25, 0.3) is 5.91 Å². The third kappa shape index (κ3) is 6.03. The van der Waals surface area contributed by atoms with Crippen molar-refractivity contribution in [1.82, 2.24) is 19.4 Å². The second-order valence-electron chi connectivity index (χ2n) is 7.70. The van der Waals surface area contributed by atoms with E-state index in [0.29, 0.717) is 11.7 Å². The summed E-state index contributed by atoms with van der Waals surface area (Å²) in [5.41, 5.74) is 0. The standard InChI is InChI=1S/C18H30N4O4S/c1-20-9-11-21(12-10-20)14-15-5-7-22(8-6-15)18(23)17-4-3-16(26-17)13-19-27(2,24)25/h3-4,15,19H,5-14H2,1-2H3. The molecule has 1 aromatic rings. The Bertz CT molecular complexity index is 732. The molecule has 8 nitrogen and oxygen atoms in total. The van der Waals surface area contributed by atoms with Crippen molar-refractivity contribution < 1.29 is 17.6 Å². The average molecular weight is 399 g/mol. The van der Waals surface area contributed by atoms with Crippen LogP contribution in [0, 0.1) is 5.92 Å². The van der Waals surface area contributed by atoms with Gasteiger partial charge in [0, 0.05) is 45.8 Å². The van der Waals surface area contributed by atoms with E-state index in [1.807, 2.05) is 4.90 Å². The first-order chi connectivity index (χ1) is 12.8. The molecule has 3 heterocycles. The highest BCUT2D eigenvalue weighted by Gasteiger charge is 2.27. The highest BCUT2D eigenvalue weighted by molar-refractivity contribution is 7.88. The molecule has 0 bridgehead atoms. The zero-order chi connectivity index (χ0) is 19.4. The molecular weight excluding hydrogens is 368 g/mol. The van der Waals surface area contributed by atoms with Crippen molar-refractivity contribution in [2.24, 2.45) is 5.92 Å². The van der Waals surface area contributed by atoms with Crippen LogP contribution in [0.1, 0.15) is 29.2 Å². The monoisotopic (exact) mass is 398 g/mol. The van der Waals surface area contributed by atoms with Crippen LogP contribution in [-0.2, 0) is 16.6 Å². The predicted octanol–water partition coefficient (Wildman–Crippen LogP) is 0.428. The van der Waals surface area contributed by atoms with Crippen LogP contribution in [0.25, 0.3) is 0 Å². The molecule has 2 fully saturated rings. The van der Waals surface area contributed by atoms with Crippen LogP contribution in [0.3, 0.4) is 0 Å². The van der Waals surface area contributed by atoms with Gasteiger partial charge in [-0.15, -0.1) is 0 Å². The molecule has 2 aliphatic rings. The number of likely N-dealkylation sites (tertiary alicyclic amines) is 1. The second kappa shape index (κ2) is 8.72. The number of sulfonamides is 1. The van der Waals surface area contributed by atoms with Crippen molar-refractivity contribution in [2.75, 3.05) is 59.1 Å². The van der Waals surface area contributed by atoms with Crippen LogP contribution in [0.15, 0.2) is 16.5 Å². The Morgan fingerprint density at radius 3 is 2.44 bits per heavy atom. The molecule has 0 aromatic carbocycles. The van der Waals surface area contributed by atoms with Gasteiger partial charge in [0.2, 0.25) is 10.0 Å². The minimum absolute atomic E-state index is 0.0548. The third-order valence-corrected chi connectivity index (χ3v) is 6.06. The minimum Gasteiger partial charge on any atom is -0.455 e. The smallest absolute Gasteiger partial charge is 0.289 e.